The molecule has 0 aliphatic rings. The molecule has 0 spiro atoms. The van der Waals surface area contributed by atoms with E-state index >= 15 is 0 Å². The molecule has 0 saturated heterocycles. The molecule has 152 valence electrons. The highest BCUT2D eigenvalue weighted by Gasteiger charge is 2.10. The van der Waals surface area contributed by atoms with Gasteiger partial charge in [0.2, 0.25) is 0 Å². The minimum absolute atomic E-state index is 0.150. The predicted molar refractivity (Wildman–Crippen MR) is 125 cm³/mol. The number of hydrogen-bond donors (Lipinski definition) is 6. The van der Waals surface area contributed by atoms with Gasteiger partial charge in [-0.05, 0) is 65.2 Å². The van der Waals surface area contributed by atoms with Gasteiger partial charge in [-0.15, -0.1) is 0 Å². The largest absolute Gasteiger partial charge is 0.504 e. The monoisotopic (exact) mass is 400 g/mol. The van der Waals surface area contributed by atoms with Gasteiger partial charge >= 0.3 is 0 Å². The van der Waals surface area contributed by atoms with E-state index in [0.717, 1.165) is 28.1 Å². The molecule has 10 N–H and O–H groups in total. The highest BCUT2D eigenvalue weighted by Crippen LogP contribution is 2.40. The predicted octanol–water partition coefficient (Wildman–Crippen LogP) is 4.45. The summed E-state index contributed by atoms with van der Waals surface area (Å²) in [6, 6.07) is 25.7. The third-order valence-electron chi connectivity index (χ3n) is 4.56. The molecule has 0 heterocycles. The third-order valence-corrected chi connectivity index (χ3v) is 4.56. The second-order valence-corrected chi connectivity index (χ2v) is 6.77. The first-order valence-corrected chi connectivity index (χ1v) is 9.23. The Morgan fingerprint density at radius 1 is 0.400 bits per heavy atom. The van der Waals surface area contributed by atoms with Gasteiger partial charge in [-0.25, -0.2) is 0 Å². The van der Waals surface area contributed by atoms with Crippen molar-refractivity contribution >= 4 is 22.7 Å². The Morgan fingerprint density at radius 3 is 1.17 bits per heavy atom. The van der Waals surface area contributed by atoms with E-state index in [0.29, 0.717) is 11.3 Å². The summed E-state index contributed by atoms with van der Waals surface area (Å²) < 4.78 is 0. The fraction of sp³-hybridized carbons (Fsp3) is 0. The molecule has 0 aliphatic heterocycles. The van der Waals surface area contributed by atoms with E-state index < -0.39 is 0 Å². The summed E-state index contributed by atoms with van der Waals surface area (Å²) in [7, 11) is 0. The highest BCUT2D eigenvalue weighted by atomic mass is 16.3. The maximum atomic E-state index is 9.74. The highest BCUT2D eigenvalue weighted by molar-refractivity contribution is 5.78. The lowest BCUT2D eigenvalue weighted by Crippen LogP contribution is -1.88. The Bertz CT molecular complexity index is 1080. The average molecular weight is 400 g/mol. The molecule has 0 aliphatic carbocycles. The summed E-state index contributed by atoms with van der Waals surface area (Å²) in [5.41, 5.74) is 28.2. The van der Waals surface area contributed by atoms with E-state index in [1.165, 1.54) is 0 Å². The molecule has 4 rings (SSSR count). The van der Waals surface area contributed by atoms with E-state index in [1.807, 2.05) is 48.5 Å². The SMILES string of the molecule is Nc1ccc(-c2ccc(N)c(O)c2O)cc1.Nc1ccc(-c2ccc(N)cc2)cc1. The first-order chi connectivity index (χ1) is 14.3. The normalized spacial score (nSPS) is 10.1. The molecule has 0 amide bonds. The second kappa shape index (κ2) is 8.79. The Labute approximate surface area is 175 Å². The van der Waals surface area contributed by atoms with Crippen LogP contribution in [-0.4, -0.2) is 10.2 Å². The van der Waals surface area contributed by atoms with E-state index in [1.54, 1.807) is 36.4 Å². The number of aromatic hydroxyl groups is 2. The van der Waals surface area contributed by atoms with Crippen molar-refractivity contribution in [2.75, 3.05) is 22.9 Å². The zero-order chi connectivity index (χ0) is 21.7. The Balaban J connectivity index is 0.000000172. The van der Waals surface area contributed by atoms with Crippen LogP contribution < -0.4 is 22.9 Å². The summed E-state index contributed by atoms with van der Waals surface area (Å²) in [6.45, 7) is 0. The van der Waals surface area contributed by atoms with Crippen molar-refractivity contribution in [3.05, 3.63) is 84.9 Å². The molecular weight excluding hydrogens is 376 g/mol. The summed E-state index contributed by atoms with van der Waals surface area (Å²) in [4.78, 5) is 0. The summed E-state index contributed by atoms with van der Waals surface area (Å²) in [6.07, 6.45) is 0. The van der Waals surface area contributed by atoms with Crippen molar-refractivity contribution in [3.63, 3.8) is 0 Å². The van der Waals surface area contributed by atoms with Crippen LogP contribution in [0.3, 0.4) is 0 Å². The number of nitrogen functional groups attached to an aromatic ring is 4. The summed E-state index contributed by atoms with van der Waals surface area (Å²) in [5, 5.41) is 19.2. The van der Waals surface area contributed by atoms with Gasteiger partial charge in [0.05, 0.1) is 5.69 Å². The fourth-order valence-electron chi connectivity index (χ4n) is 2.84. The van der Waals surface area contributed by atoms with Crippen molar-refractivity contribution in [2.24, 2.45) is 0 Å². The van der Waals surface area contributed by atoms with Crippen LogP contribution in [0, 0.1) is 0 Å². The maximum absolute atomic E-state index is 9.74. The van der Waals surface area contributed by atoms with Crippen LogP contribution in [0.5, 0.6) is 11.5 Å². The number of benzene rings is 4. The third kappa shape index (κ3) is 4.74. The van der Waals surface area contributed by atoms with Gasteiger partial charge in [-0.1, -0.05) is 36.4 Å². The Hall–Kier alpha value is -4.32. The number of rotatable bonds is 2. The molecule has 0 bridgehead atoms. The first kappa shape index (κ1) is 20.4. The number of hydrogen-bond acceptors (Lipinski definition) is 6. The van der Waals surface area contributed by atoms with Crippen LogP contribution in [0.4, 0.5) is 22.7 Å². The van der Waals surface area contributed by atoms with Crippen LogP contribution in [0.15, 0.2) is 84.9 Å². The molecule has 0 atom stereocenters. The van der Waals surface area contributed by atoms with Gasteiger partial charge in [0, 0.05) is 22.6 Å². The zero-order valence-electron chi connectivity index (χ0n) is 16.3. The van der Waals surface area contributed by atoms with Crippen LogP contribution in [-0.2, 0) is 0 Å². The molecule has 4 aromatic carbocycles. The molecule has 0 fully saturated rings. The lowest BCUT2D eigenvalue weighted by Gasteiger charge is -2.08. The van der Waals surface area contributed by atoms with E-state index in [9.17, 15) is 10.2 Å². The molecule has 0 radical (unpaired) electrons. The van der Waals surface area contributed by atoms with Gasteiger partial charge in [-0.2, -0.15) is 0 Å². The Morgan fingerprint density at radius 2 is 0.767 bits per heavy atom. The van der Waals surface area contributed by atoms with Gasteiger partial charge in [0.15, 0.2) is 11.5 Å². The van der Waals surface area contributed by atoms with Gasteiger partial charge < -0.3 is 33.1 Å². The quantitative estimate of drug-likeness (QED) is 0.217. The number of phenolic OH excluding ortho intramolecular Hbond substituents is 2. The number of phenols is 2. The molecular formula is C24H24N4O2. The molecule has 30 heavy (non-hydrogen) atoms. The summed E-state index contributed by atoms with van der Waals surface area (Å²) in [5.74, 6) is -0.515. The lowest BCUT2D eigenvalue weighted by molar-refractivity contribution is 0.407. The van der Waals surface area contributed by atoms with Crippen LogP contribution in [0.2, 0.25) is 0 Å². The Kier molecular flexibility index (Phi) is 5.98. The standard InChI is InChI=1S/C12H12N2O2.C12H12N2/c13-8-3-1-7(2-4-8)9-5-6-10(14)12(16)11(9)15;13-11-5-1-9(2-6-11)10-3-7-12(14)8-4-10/h1-6,15-16H,13-14H2;1-8H,13-14H2. The molecule has 0 saturated carbocycles. The number of nitrogens with two attached hydrogens (primary N) is 4. The van der Waals surface area contributed by atoms with Crippen molar-refractivity contribution in [3.8, 4) is 33.8 Å². The second-order valence-electron chi connectivity index (χ2n) is 6.77. The van der Waals surface area contributed by atoms with Gasteiger partial charge in [-0.3, -0.25) is 0 Å². The molecule has 0 aromatic heterocycles. The van der Waals surface area contributed by atoms with Crippen LogP contribution >= 0.6 is 0 Å². The van der Waals surface area contributed by atoms with E-state index in [2.05, 4.69) is 0 Å². The number of anilines is 4. The smallest absolute Gasteiger partial charge is 0.181 e. The first-order valence-electron chi connectivity index (χ1n) is 9.23. The average Bonchev–Trinajstić information content (AvgIpc) is 2.75. The lowest BCUT2D eigenvalue weighted by atomic mass is 10.0. The summed E-state index contributed by atoms with van der Waals surface area (Å²) >= 11 is 0. The minimum Gasteiger partial charge on any atom is -0.504 e. The van der Waals surface area contributed by atoms with E-state index in [4.69, 9.17) is 22.9 Å². The van der Waals surface area contributed by atoms with Crippen LogP contribution in [0.1, 0.15) is 0 Å². The van der Waals surface area contributed by atoms with Crippen molar-refractivity contribution in [1.82, 2.24) is 0 Å². The van der Waals surface area contributed by atoms with E-state index in [-0.39, 0.29) is 17.2 Å². The molecule has 4 aromatic rings. The molecule has 6 nitrogen and oxygen atoms in total. The maximum Gasteiger partial charge on any atom is 0.181 e. The van der Waals surface area contributed by atoms with Gasteiger partial charge in [0.1, 0.15) is 0 Å². The van der Waals surface area contributed by atoms with Crippen molar-refractivity contribution < 1.29 is 10.2 Å². The molecule has 6 heteroatoms. The van der Waals surface area contributed by atoms with Crippen molar-refractivity contribution in [1.29, 1.82) is 0 Å². The molecule has 0 unspecified atom stereocenters. The van der Waals surface area contributed by atoms with Crippen molar-refractivity contribution in [2.45, 2.75) is 0 Å². The fourth-order valence-corrected chi connectivity index (χ4v) is 2.84. The minimum atomic E-state index is -0.297. The topological polar surface area (TPSA) is 145 Å². The van der Waals surface area contributed by atoms with Crippen LogP contribution in [0.25, 0.3) is 22.3 Å². The zero-order valence-corrected chi connectivity index (χ0v) is 16.3. The van der Waals surface area contributed by atoms with Gasteiger partial charge in [0.25, 0.3) is 0 Å².